The van der Waals surface area contributed by atoms with Gasteiger partial charge in [0.25, 0.3) is 6.43 Å². The van der Waals surface area contributed by atoms with E-state index in [4.69, 9.17) is 0 Å². The van der Waals surface area contributed by atoms with Crippen molar-refractivity contribution in [3.05, 3.63) is 35.4 Å². The zero-order chi connectivity index (χ0) is 15.2. The normalized spacial score (nSPS) is 22.3. The summed E-state index contributed by atoms with van der Waals surface area (Å²) in [7, 11) is 0. The van der Waals surface area contributed by atoms with Crippen LogP contribution in [0.2, 0.25) is 0 Å². The number of rotatable bonds is 5. The van der Waals surface area contributed by atoms with Gasteiger partial charge in [0.1, 0.15) is 0 Å². The van der Waals surface area contributed by atoms with Gasteiger partial charge in [0.05, 0.1) is 5.92 Å². The van der Waals surface area contributed by atoms with E-state index in [0.717, 1.165) is 32.1 Å². The molecule has 1 aliphatic rings. The Hall–Kier alpha value is -1.45. The minimum atomic E-state index is -2.58. The second-order valence-corrected chi connectivity index (χ2v) is 5.66. The van der Waals surface area contributed by atoms with Gasteiger partial charge in [0.15, 0.2) is 6.61 Å². The molecule has 0 atom stereocenters. The van der Waals surface area contributed by atoms with E-state index in [2.05, 4.69) is 35.9 Å². The highest BCUT2D eigenvalue weighted by atomic mass is 19.3. The predicted molar refractivity (Wildman–Crippen MR) is 77.5 cm³/mol. The number of alkyl halides is 2. The maximum absolute atomic E-state index is 12.0. The zero-order valence-electron chi connectivity index (χ0n) is 12.4. The lowest BCUT2D eigenvalue weighted by Gasteiger charge is -2.27. The number of aryl methyl sites for hydroxylation is 1. The number of esters is 1. The molecule has 0 saturated heterocycles. The van der Waals surface area contributed by atoms with E-state index >= 15 is 0 Å². The average Bonchev–Trinajstić information content (AvgIpc) is 2.53. The Labute approximate surface area is 124 Å². The van der Waals surface area contributed by atoms with E-state index in [1.807, 2.05) is 0 Å². The van der Waals surface area contributed by atoms with Gasteiger partial charge in [-0.05, 0) is 49.1 Å². The monoisotopic (exact) mass is 296 g/mol. The lowest BCUT2D eigenvalue weighted by atomic mass is 9.78. The van der Waals surface area contributed by atoms with Crippen LogP contribution in [0.15, 0.2) is 24.3 Å². The van der Waals surface area contributed by atoms with Crippen molar-refractivity contribution in [3.63, 3.8) is 0 Å². The van der Waals surface area contributed by atoms with Crippen LogP contribution in [-0.4, -0.2) is 19.0 Å². The van der Waals surface area contributed by atoms with E-state index in [0.29, 0.717) is 5.92 Å². The highest BCUT2D eigenvalue weighted by Gasteiger charge is 2.28. The van der Waals surface area contributed by atoms with E-state index in [-0.39, 0.29) is 5.92 Å². The van der Waals surface area contributed by atoms with Crippen LogP contribution in [-0.2, 0) is 16.0 Å². The SMILES string of the molecule is CCc1ccc([C@H]2CC[C@H](C(=O)OCC(F)F)CC2)cc1. The molecule has 2 nitrogen and oxygen atoms in total. The molecule has 0 N–H and O–H groups in total. The summed E-state index contributed by atoms with van der Waals surface area (Å²) in [6.45, 7) is 1.35. The molecule has 0 aromatic heterocycles. The fourth-order valence-electron chi connectivity index (χ4n) is 2.95. The van der Waals surface area contributed by atoms with E-state index in [1.54, 1.807) is 0 Å². The van der Waals surface area contributed by atoms with Crippen molar-refractivity contribution in [2.45, 2.75) is 51.4 Å². The molecule has 116 valence electrons. The van der Waals surface area contributed by atoms with Crippen molar-refractivity contribution in [1.82, 2.24) is 0 Å². The molecule has 2 rings (SSSR count). The van der Waals surface area contributed by atoms with Gasteiger partial charge >= 0.3 is 5.97 Å². The lowest BCUT2D eigenvalue weighted by Crippen LogP contribution is -2.24. The van der Waals surface area contributed by atoms with Gasteiger partial charge < -0.3 is 4.74 Å². The predicted octanol–water partition coefficient (Wildman–Crippen LogP) is 4.33. The molecule has 4 heteroatoms. The van der Waals surface area contributed by atoms with Crippen molar-refractivity contribution >= 4 is 5.97 Å². The average molecular weight is 296 g/mol. The molecule has 0 amide bonds. The summed E-state index contributed by atoms with van der Waals surface area (Å²) in [4.78, 5) is 11.7. The molecule has 0 heterocycles. The van der Waals surface area contributed by atoms with Crippen LogP contribution in [0.5, 0.6) is 0 Å². The third kappa shape index (κ3) is 4.51. The first-order valence-electron chi connectivity index (χ1n) is 7.63. The van der Waals surface area contributed by atoms with Crippen LogP contribution in [0.1, 0.15) is 49.7 Å². The maximum atomic E-state index is 12.0. The molecule has 1 aliphatic carbocycles. The molecule has 1 fully saturated rings. The molecule has 0 aliphatic heterocycles. The molecule has 1 aromatic rings. The Balaban J connectivity index is 1.83. The third-order valence-electron chi connectivity index (χ3n) is 4.27. The van der Waals surface area contributed by atoms with Gasteiger partial charge in [-0.1, -0.05) is 31.2 Å². The molecule has 0 radical (unpaired) electrons. The molecule has 21 heavy (non-hydrogen) atoms. The van der Waals surface area contributed by atoms with Gasteiger partial charge in [-0.15, -0.1) is 0 Å². The molecular weight excluding hydrogens is 274 g/mol. The summed E-state index contributed by atoms with van der Waals surface area (Å²) in [6, 6.07) is 8.63. The molecular formula is C17H22F2O2. The summed E-state index contributed by atoms with van der Waals surface area (Å²) in [5.74, 6) is -0.208. The Bertz CT molecular complexity index is 448. The quantitative estimate of drug-likeness (QED) is 0.756. The lowest BCUT2D eigenvalue weighted by molar-refractivity contribution is -0.153. The Morgan fingerprint density at radius 2 is 1.81 bits per heavy atom. The Kier molecular flexibility index (Phi) is 5.71. The van der Waals surface area contributed by atoms with Gasteiger partial charge in [0.2, 0.25) is 0 Å². The van der Waals surface area contributed by atoms with Gasteiger partial charge in [-0.3, -0.25) is 4.79 Å². The number of hydrogen-bond donors (Lipinski definition) is 0. The number of carbonyl (C=O) groups is 1. The second kappa shape index (κ2) is 7.53. The van der Waals surface area contributed by atoms with E-state index in [9.17, 15) is 13.6 Å². The highest BCUT2D eigenvalue weighted by Crippen LogP contribution is 2.36. The standard InChI is InChI=1S/C17H22F2O2/c1-2-12-3-5-13(6-4-12)14-7-9-15(10-8-14)17(20)21-11-16(18)19/h3-6,14-16H,2,7-11H2,1H3/t14-,15-. The Morgan fingerprint density at radius 3 is 2.33 bits per heavy atom. The largest absolute Gasteiger partial charge is 0.459 e. The minimum absolute atomic E-state index is 0.213. The Morgan fingerprint density at radius 1 is 1.19 bits per heavy atom. The first-order chi connectivity index (χ1) is 10.1. The van der Waals surface area contributed by atoms with Crippen molar-refractivity contribution in [3.8, 4) is 0 Å². The summed E-state index contributed by atoms with van der Waals surface area (Å²) in [5.41, 5.74) is 2.63. The van der Waals surface area contributed by atoms with E-state index < -0.39 is 19.0 Å². The smallest absolute Gasteiger partial charge is 0.309 e. The van der Waals surface area contributed by atoms with Crippen LogP contribution in [0.25, 0.3) is 0 Å². The number of ether oxygens (including phenoxy) is 1. The fourth-order valence-corrected chi connectivity index (χ4v) is 2.95. The maximum Gasteiger partial charge on any atom is 0.309 e. The van der Waals surface area contributed by atoms with Crippen molar-refractivity contribution in [1.29, 1.82) is 0 Å². The van der Waals surface area contributed by atoms with Crippen molar-refractivity contribution in [2.24, 2.45) is 5.92 Å². The van der Waals surface area contributed by atoms with Crippen LogP contribution in [0.3, 0.4) is 0 Å². The third-order valence-corrected chi connectivity index (χ3v) is 4.27. The molecule has 1 saturated carbocycles. The summed E-state index contributed by atoms with van der Waals surface area (Å²) >= 11 is 0. The van der Waals surface area contributed by atoms with Gasteiger partial charge in [-0.2, -0.15) is 0 Å². The minimum Gasteiger partial charge on any atom is -0.459 e. The van der Waals surface area contributed by atoms with Gasteiger partial charge in [-0.25, -0.2) is 8.78 Å². The van der Waals surface area contributed by atoms with Crippen LogP contribution in [0.4, 0.5) is 8.78 Å². The fraction of sp³-hybridized carbons (Fsp3) is 0.588. The number of halogens is 2. The van der Waals surface area contributed by atoms with Gasteiger partial charge in [0, 0.05) is 0 Å². The first kappa shape index (κ1) is 15.9. The topological polar surface area (TPSA) is 26.3 Å². The zero-order valence-corrected chi connectivity index (χ0v) is 12.4. The van der Waals surface area contributed by atoms with Crippen LogP contribution < -0.4 is 0 Å². The van der Waals surface area contributed by atoms with Crippen LogP contribution >= 0.6 is 0 Å². The molecule has 0 bridgehead atoms. The van der Waals surface area contributed by atoms with E-state index in [1.165, 1.54) is 11.1 Å². The first-order valence-corrected chi connectivity index (χ1v) is 7.63. The summed E-state index contributed by atoms with van der Waals surface area (Å²) in [5, 5.41) is 0. The summed E-state index contributed by atoms with van der Waals surface area (Å²) < 4.78 is 28.7. The number of hydrogen-bond acceptors (Lipinski definition) is 2. The molecule has 0 unspecified atom stereocenters. The highest BCUT2D eigenvalue weighted by molar-refractivity contribution is 5.72. The molecule has 1 aromatic carbocycles. The van der Waals surface area contributed by atoms with Crippen LogP contribution in [0, 0.1) is 5.92 Å². The van der Waals surface area contributed by atoms with Crippen molar-refractivity contribution in [2.75, 3.05) is 6.61 Å². The second-order valence-electron chi connectivity index (χ2n) is 5.66. The summed E-state index contributed by atoms with van der Waals surface area (Å²) in [6.07, 6.45) is 1.73. The number of benzene rings is 1. The molecule has 0 spiro atoms. The number of carbonyl (C=O) groups excluding carboxylic acids is 1. The van der Waals surface area contributed by atoms with Crippen molar-refractivity contribution < 1.29 is 18.3 Å².